The maximum absolute atomic E-state index is 13.8. The largest absolute Gasteiger partial charge is 0.453 e. The smallest absolute Gasteiger partial charge is 0.407 e. The number of H-pyrrole nitrogens is 2. The molecule has 7 rings (SSSR count). The molecule has 4 N–H and O–H groups in total. The van der Waals surface area contributed by atoms with Crippen molar-refractivity contribution in [2.75, 3.05) is 27.3 Å². The second kappa shape index (κ2) is 16.6. The van der Waals surface area contributed by atoms with Crippen molar-refractivity contribution in [3.8, 4) is 22.3 Å². The van der Waals surface area contributed by atoms with Crippen molar-refractivity contribution < 1.29 is 28.7 Å². The van der Waals surface area contributed by atoms with E-state index in [0.717, 1.165) is 68.6 Å². The van der Waals surface area contributed by atoms with E-state index in [1.54, 1.807) is 0 Å². The van der Waals surface area contributed by atoms with Crippen LogP contribution in [0.3, 0.4) is 0 Å². The van der Waals surface area contributed by atoms with Gasteiger partial charge in [0.25, 0.3) is 0 Å². The number of likely N-dealkylation sites (tertiary alicyclic amines) is 2. The van der Waals surface area contributed by atoms with Gasteiger partial charge in [0.2, 0.25) is 11.8 Å². The van der Waals surface area contributed by atoms with Gasteiger partial charge in [-0.05, 0) is 89.1 Å². The standard InChI is InChI=1S/C45H55N7O6/c1-24(2)39(49-44(55)57-7)42(53)51-22-26(5)17-37(51)36-21-32-19-30(13-15-33(32)46-36)28-9-11-29(12-10-28)31-14-16-34-35(20-31)48-41(47-34)38-18-27(6)23-52(38)43(54)40(25(3)4)50-45(56)58-8/h9-16,19-21,24-27,37-40,46H,17-18,22-23H2,1-8H3,(H,47,48)(H,49,55)(H,50,56)/t26-,27-,37?,38-,39-,40-/m0/s1. The van der Waals surface area contributed by atoms with Crippen LogP contribution in [0.2, 0.25) is 0 Å². The van der Waals surface area contributed by atoms with Crippen LogP contribution in [-0.4, -0.2) is 88.1 Å². The van der Waals surface area contributed by atoms with Crippen LogP contribution in [0.5, 0.6) is 0 Å². The molecule has 2 fully saturated rings. The van der Waals surface area contributed by atoms with Gasteiger partial charge >= 0.3 is 12.2 Å². The zero-order chi connectivity index (χ0) is 41.4. The first-order valence-corrected chi connectivity index (χ1v) is 20.3. The number of aromatic nitrogens is 3. The summed E-state index contributed by atoms with van der Waals surface area (Å²) < 4.78 is 9.60. The lowest BCUT2D eigenvalue weighted by Gasteiger charge is -2.30. The molecule has 13 heteroatoms. The number of carbonyl (C=O) groups is 4. The highest BCUT2D eigenvalue weighted by Crippen LogP contribution is 2.39. The molecule has 1 unspecified atom stereocenters. The minimum atomic E-state index is -0.701. The van der Waals surface area contributed by atoms with Crippen LogP contribution < -0.4 is 10.6 Å². The summed E-state index contributed by atoms with van der Waals surface area (Å²) in [6, 6.07) is 21.5. The van der Waals surface area contributed by atoms with E-state index in [-0.39, 0.29) is 41.7 Å². The van der Waals surface area contributed by atoms with Gasteiger partial charge in [-0.1, -0.05) is 77.9 Å². The van der Waals surface area contributed by atoms with Crippen molar-refractivity contribution in [2.45, 2.75) is 78.6 Å². The average Bonchev–Trinajstić information content (AvgIpc) is 4.01. The van der Waals surface area contributed by atoms with Crippen LogP contribution in [0.1, 0.15) is 78.0 Å². The second-order valence-corrected chi connectivity index (χ2v) is 16.9. The van der Waals surface area contributed by atoms with Crippen LogP contribution >= 0.6 is 0 Å². The van der Waals surface area contributed by atoms with Crippen LogP contribution in [0, 0.1) is 23.7 Å². The lowest BCUT2D eigenvalue weighted by molar-refractivity contribution is -0.136. The summed E-state index contributed by atoms with van der Waals surface area (Å²) in [6.45, 7) is 13.1. The van der Waals surface area contributed by atoms with Crippen LogP contribution in [0.15, 0.2) is 66.7 Å². The molecular weight excluding hydrogens is 735 g/mol. The average molecular weight is 790 g/mol. The summed E-state index contributed by atoms with van der Waals surface area (Å²) in [4.78, 5) is 67.5. The van der Waals surface area contributed by atoms with E-state index in [1.165, 1.54) is 14.2 Å². The van der Waals surface area contributed by atoms with Crippen molar-refractivity contribution in [1.82, 2.24) is 35.4 Å². The quantitative estimate of drug-likeness (QED) is 0.112. The third-order valence-corrected chi connectivity index (χ3v) is 11.7. The highest BCUT2D eigenvalue weighted by Gasteiger charge is 2.41. The summed E-state index contributed by atoms with van der Waals surface area (Å²) in [5.74, 6) is 0.876. The minimum absolute atomic E-state index is 0.0977. The van der Waals surface area contributed by atoms with Gasteiger partial charge in [0, 0.05) is 29.7 Å². The number of alkyl carbamates (subject to hydrolysis) is 2. The maximum Gasteiger partial charge on any atom is 0.407 e. The van der Waals surface area contributed by atoms with Gasteiger partial charge in [-0.2, -0.15) is 0 Å². The molecule has 0 bridgehead atoms. The summed E-state index contributed by atoms with van der Waals surface area (Å²) in [6.07, 6.45) is 0.362. The summed E-state index contributed by atoms with van der Waals surface area (Å²) in [5.41, 5.74) is 7.97. The Morgan fingerprint density at radius 2 is 1.16 bits per heavy atom. The molecule has 3 aromatic carbocycles. The van der Waals surface area contributed by atoms with E-state index in [9.17, 15) is 19.2 Å². The Kier molecular flexibility index (Phi) is 11.5. The van der Waals surface area contributed by atoms with Crippen molar-refractivity contribution >= 4 is 45.9 Å². The Morgan fingerprint density at radius 3 is 1.71 bits per heavy atom. The summed E-state index contributed by atoms with van der Waals surface area (Å²) >= 11 is 0. The molecule has 58 heavy (non-hydrogen) atoms. The Labute approximate surface area is 339 Å². The van der Waals surface area contributed by atoms with Gasteiger partial charge in [0.05, 0.1) is 37.3 Å². The predicted octanol–water partition coefficient (Wildman–Crippen LogP) is 7.96. The molecule has 5 aromatic rings. The molecular formula is C45H55N7O6. The lowest BCUT2D eigenvalue weighted by Crippen LogP contribution is -2.51. The molecule has 4 heterocycles. The second-order valence-electron chi connectivity index (χ2n) is 16.9. The normalized spacial score (nSPS) is 20.5. The van der Waals surface area contributed by atoms with Crippen LogP contribution in [0.4, 0.5) is 9.59 Å². The monoisotopic (exact) mass is 789 g/mol. The van der Waals surface area contributed by atoms with Crippen molar-refractivity contribution in [1.29, 1.82) is 0 Å². The summed E-state index contributed by atoms with van der Waals surface area (Å²) in [5, 5.41) is 6.53. The molecule has 2 saturated heterocycles. The number of nitrogens with one attached hydrogen (secondary N) is 4. The SMILES string of the molecule is COC(=O)N[C@H](C(=O)N1C[C@@H](C)CC1c1cc2cc(-c3ccc(-c4ccc5nc([C@@H]6C[C@H](C)CN6C(=O)[C@@H](NC(=O)OC)C(C)C)[nH]c5c4)cc3)ccc2[nH]1)C(C)C. The van der Waals surface area contributed by atoms with Gasteiger partial charge in [0.1, 0.15) is 17.9 Å². The van der Waals surface area contributed by atoms with Crippen molar-refractivity contribution in [2.24, 2.45) is 23.7 Å². The third-order valence-electron chi connectivity index (χ3n) is 11.7. The zero-order valence-electron chi connectivity index (χ0n) is 34.6. The highest BCUT2D eigenvalue weighted by molar-refractivity contribution is 5.89. The molecule has 2 aliphatic rings. The molecule has 6 atom stereocenters. The molecule has 13 nitrogen and oxygen atoms in total. The fourth-order valence-electron chi connectivity index (χ4n) is 8.63. The number of nitrogens with zero attached hydrogens (tertiary/aromatic N) is 3. The molecule has 0 spiro atoms. The molecule has 4 amide bonds. The van der Waals surface area contributed by atoms with Crippen molar-refractivity contribution in [3.05, 3.63) is 78.2 Å². The number of ether oxygens (including phenoxy) is 2. The van der Waals surface area contributed by atoms with Gasteiger partial charge < -0.3 is 39.9 Å². The molecule has 0 saturated carbocycles. The molecule has 0 radical (unpaired) electrons. The predicted molar refractivity (Wildman–Crippen MR) is 224 cm³/mol. The Bertz CT molecular complexity index is 2150. The number of methoxy groups -OCH3 is 2. The van der Waals surface area contributed by atoms with E-state index in [0.29, 0.717) is 19.0 Å². The highest BCUT2D eigenvalue weighted by atomic mass is 16.5. The molecule has 306 valence electrons. The fourth-order valence-corrected chi connectivity index (χ4v) is 8.63. The van der Waals surface area contributed by atoms with Gasteiger partial charge in [-0.3, -0.25) is 9.59 Å². The molecule has 0 aliphatic carbocycles. The number of carbonyl (C=O) groups excluding carboxylic acids is 4. The van der Waals surface area contributed by atoms with E-state index >= 15 is 0 Å². The van der Waals surface area contributed by atoms with Gasteiger partial charge in [0.15, 0.2) is 0 Å². The van der Waals surface area contributed by atoms with E-state index < -0.39 is 24.3 Å². The van der Waals surface area contributed by atoms with Crippen LogP contribution in [0.25, 0.3) is 44.2 Å². The molecule has 2 aliphatic heterocycles. The lowest BCUT2D eigenvalue weighted by atomic mass is 9.99. The first kappa shape index (κ1) is 40.4. The van der Waals surface area contributed by atoms with Crippen molar-refractivity contribution in [3.63, 3.8) is 0 Å². The zero-order valence-corrected chi connectivity index (χ0v) is 34.6. The van der Waals surface area contributed by atoms with Gasteiger partial charge in [-0.15, -0.1) is 0 Å². The number of hydrogen-bond donors (Lipinski definition) is 4. The first-order chi connectivity index (χ1) is 27.7. The Morgan fingerprint density at radius 1 is 0.655 bits per heavy atom. The van der Waals surface area contributed by atoms with E-state index in [1.807, 2.05) is 43.6 Å². The molecule has 2 aromatic heterocycles. The number of rotatable bonds is 10. The number of imidazole rings is 1. The number of benzene rings is 3. The third kappa shape index (κ3) is 8.12. The van der Waals surface area contributed by atoms with Gasteiger partial charge in [-0.25, -0.2) is 14.6 Å². The summed E-state index contributed by atoms with van der Waals surface area (Å²) in [7, 11) is 2.60. The Balaban J connectivity index is 1.08. The fraction of sp³-hybridized carbons (Fsp3) is 0.444. The maximum atomic E-state index is 13.8. The minimum Gasteiger partial charge on any atom is -0.453 e. The van der Waals surface area contributed by atoms with Crippen LogP contribution in [-0.2, 0) is 19.1 Å². The topological polar surface area (TPSA) is 162 Å². The van der Waals surface area contributed by atoms with E-state index in [4.69, 9.17) is 14.5 Å². The number of amides is 4. The number of aromatic amines is 2. The number of fused-ring (bicyclic) bond motifs is 2. The first-order valence-electron chi connectivity index (χ1n) is 20.3. The Hall–Kier alpha value is -5.85. The van der Waals surface area contributed by atoms with E-state index in [2.05, 4.69) is 95.1 Å². The number of hydrogen-bond acceptors (Lipinski definition) is 7.